The van der Waals surface area contributed by atoms with Gasteiger partial charge in [0.05, 0.1) is 11.6 Å². The third-order valence-corrected chi connectivity index (χ3v) is 4.15. The first-order valence-electron chi connectivity index (χ1n) is 5.77. The molecule has 1 aliphatic rings. The molecule has 0 radical (unpaired) electrons. The SMILES string of the molecule is O=C(NC1(CBr)CCOCC1)c1ccc([N+](=O)[O-])o1. The molecule has 19 heavy (non-hydrogen) atoms. The van der Waals surface area contributed by atoms with Crippen molar-refractivity contribution in [3.8, 4) is 0 Å². The number of carbonyl (C=O) groups excluding carboxylic acids is 1. The van der Waals surface area contributed by atoms with Crippen LogP contribution in [0.5, 0.6) is 0 Å². The Hall–Kier alpha value is -1.41. The lowest BCUT2D eigenvalue weighted by Crippen LogP contribution is -2.53. The molecule has 1 amide bonds. The van der Waals surface area contributed by atoms with Crippen LogP contribution in [0.2, 0.25) is 0 Å². The molecule has 8 heteroatoms. The molecule has 0 spiro atoms. The molecule has 0 bridgehead atoms. The van der Waals surface area contributed by atoms with E-state index in [9.17, 15) is 14.9 Å². The van der Waals surface area contributed by atoms with Crippen LogP contribution in [-0.2, 0) is 4.74 Å². The van der Waals surface area contributed by atoms with Crippen LogP contribution in [0.3, 0.4) is 0 Å². The molecule has 1 aromatic heterocycles. The van der Waals surface area contributed by atoms with Crippen LogP contribution in [0.15, 0.2) is 16.5 Å². The van der Waals surface area contributed by atoms with Crippen LogP contribution in [0, 0.1) is 10.1 Å². The number of furan rings is 1. The molecule has 0 atom stereocenters. The van der Waals surface area contributed by atoms with E-state index >= 15 is 0 Å². The van der Waals surface area contributed by atoms with Crippen molar-refractivity contribution in [2.75, 3.05) is 18.5 Å². The van der Waals surface area contributed by atoms with E-state index in [0.29, 0.717) is 31.4 Å². The smallest absolute Gasteiger partial charge is 0.395 e. The Labute approximate surface area is 117 Å². The fourth-order valence-corrected chi connectivity index (χ4v) is 2.61. The highest BCUT2D eigenvalue weighted by atomic mass is 79.9. The van der Waals surface area contributed by atoms with Gasteiger partial charge in [0.15, 0.2) is 5.76 Å². The van der Waals surface area contributed by atoms with Gasteiger partial charge in [0, 0.05) is 18.5 Å². The Bertz CT molecular complexity index is 481. The fraction of sp³-hybridized carbons (Fsp3) is 0.545. The number of nitrogens with zero attached hydrogens (tertiary/aromatic N) is 1. The number of alkyl halides is 1. The summed E-state index contributed by atoms with van der Waals surface area (Å²) in [5.41, 5.74) is -0.392. The van der Waals surface area contributed by atoms with Gasteiger partial charge in [0.1, 0.15) is 4.92 Å². The van der Waals surface area contributed by atoms with Gasteiger partial charge in [-0.2, -0.15) is 0 Å². The van der Waals surface area contributed by atoms with Crippen molar-refractivity contribution >= 4 is 27.7 Å². The summed E-state index contributed by atoms with van der Waals surface area (Å²) >= 11 is 3.39. The maximum absolute atomic E-state index is 12.0. The maximum Gasteiger partial charge on any atom is 0.433 e. The minimum atomic E-state index is -0.675. The van der Waals surface area contributed by atoms with Crippen LogP contribution in [0.4, 0.5) is 5.88 Å². The van der Waals surface area contributed by atoms with E-state index in [1.54, 1.807) is 0 Å². The molecular weight excluding hydrogens is 320 g/mol. The minimum absolute atomic E-state index is 0.0569. The van der Waals surface area contributed by atoms with E-state index in [0.717, 1.165) is 0 Å². The fourth-order valence-electron chi connectivity index (χ4n) is 1.90. The van der Waals surface area contributed by atoms with Crippen LogP contribution < -0.4 is 5.32 Å². The third-order valence-electron chi connectivity index (χ3n) is 3.08. The monoisotopic (exact) mass is 332 g/mol. The van der Waals surface area contributed by atoms with Gasteiger partial charge < -0.3 is 14.5 Å². The number of nitro groups is 1. The zero-order chi connectivity index (χ0) is 13.9. The van der Waals surface area contributed by atoms with Crippen molar-refractivity contribution in [3.63, 3.8) is 0 Å². The van der Waals surface area contributed by atoms with Gasteiger partial charge in [-0.1, -0.05) is 15.9 Å². The lowest BCUT2D eigenvalue weighted by molar-refractivity contribution is -0.402. The van der Waals surface area contributed by atoms with Crippen molar-refractivity contribution < 1.29 is 18.9 Å². The van der Waals surface area contributed by atoms with Gasteiger partial charge in [-0.25, -0.2) is 0 Å². The number of hydrogen-bond acceptors (Lipinski definition) is 5. The lowest BCUT2D eigenvalue weighted by atomic mass is 9.92. The second-order valence-corrected chi connectivity index (χ2v) is 4.94. The number of ether oxygens (including phenoxy) is 1. The summed E-state index contributed by atoms with van der Waals surface area (Å²) in [5.74, 6) is -0.946. The number of carbonyl (C=O) groups is 1. The normalized spacial score (nSPS) is 17.9. The van der Waals surface area contributed by atoms with Crippen LogP contribution in [-0.4, -0.2) is 34.9 Å². The molecule has 1 aliphatic heterocycles. The predicted octanol–water partition coefficient (Wildman–Crippen LogP) is 1.86. The number of amides is 1. The van der Waals surface area contributed by atoms with Gasteiger partial charge in [-0.05, 0) is 18.9 Å². The molecule has 0 aliphatic carbocycles. The number of rotatable bonds is 4. The average molecular weight is 333 g/mol. The highest BCUT2D eigenvalue weighted by molar-refractivity contribution is 9.09. The van der Waals surface area contributed by atoms with Crippen LogP contribution >= 0.6 is 15.9 Å². The molecule has 0 aromatic carbocycles. The van der Waals surface area contributed by atoms with E-state index in [1.165, 1.54) is 12.1 Å². The average Bonchev–Trinajstić information content (AvgIpc) is 2.89. The van der Waals surface area contributed by atoms with E-state index in [2.05, 4.69) is 21.2 Å². The highest BCUT2D eigenvalue weighted by Gasteiger charge is 2.34. The van der Waals surface area contributed by atoms with Gasteiger partial charge in [-0.3, -0.25) is 14.9 Å². The second kappa shape index (κ2) is 5.70. The van der Waals surface area contributed by atoms with Crippen molar-refractivity contribution in [2.45, 2.75) is 18.4 Å². The van der Waals surface area contributed by atoms with Crippen molar-refractivity contribution in [1.29, 1.82) is 0 Å². The first-order valence-corrected chi connectivity index (χ1v) is 6.89. The Morgan fingerprint density at radius 3 is 2.68 bits per heavy atom. The zero-order valence-corrected chi connectivity index (χ0v) is 11.6. The van der Waals surface area contributed by atoms with E-state index in [4.69, 9.17) is 9.15 Å². The number of halogens is 1. The summed E-state index contributed by atoms with van der Waals surface area (Å²) in [6, 6.07) is 2.47. The van der Waals surface area contributed by atoms with E-state index in [-0.39, 0.29) is 5.76 Å². The zero-order valence-electron chi connectivity index (χ0n) is 10.1. The van der Waals surface area contributed by atoms with Crippen molar-refractivity contribution in [3.05, 3.63) is 28.0 Å². The third kappa shape index (κ3) is 3.13. The van der Waals surface area contributed by atoms with E-state index in [1.807, 2.05) is 0 Å². The second-order valence-electron chi connectivity index (χ2n) is 4.38. The first kappa shape index (κ1) is 14.0. The Balaban J connectivity index is 2.08. The Kier molecular flexibility index (Phi) is 4.20. The molecular formula is C11H13BrN2O5. The summed E-state index contributed by atoms with van der Waals surface area (Å²) < 4.78 is 10.1. The van der Waals surface area contributed by atoms with Crippen LogP contribution in [0.25, 0.3) is 0 Å². The summed E-state index contributed by atoms with van der Waals surface area (Å²) in [5, 5.41) is 14.0. The summed E-state index contributed by atoms with van der Waals surface area (Å²) in [7, 11) is 0. The molecule has 104 valence electrons. The standard InChI is InChI=1S/C11H13BrN2O5/c12-7-11(3-5-18-6-4-11)13-10(15)8-1-2-9(19-8)14(16)17/h1-2H,3-7H2,(H,13,15). The van der Waals surface area contributed by atoms with Gasteiger partial charge >= 0.3 is 5.88 Å². The highest BCUT2D eigenvalue weighted by Crippen LogP contribution is 2.24. The van der Waals surface area contributed by atoms with Gasteiger partial charge in [0.25, 0.3) is 5.91 Å². The molecule has 1 fully saturated rings. The van der Waals surface area contributed by atoms with Gasteiger partial charge in [0.2, 0.25) is 0 Å². The molecule has 1 N–H and O–H groups in total. The molecule has 0 unspecified atom stereocenters. The molecule has 2 rings (SSSR count). The molecule has 1 aromatic rings. The summed E-state index contributed by atoms with van der Waals surface area (Å²) in [6.45, 7) is 1.15. The first-order chi connectivity index (χ1) is 9.06. The molecule has 0 saturated carbocycles. The molecule has 7 nitrogen and oxygen atoms in total. The quantitative estimate of drug-likeness (QED) is 0.516. The van der Waals surface area contributed by atoms with Crippen molar-refractivity contribution in [2.24, 2.45) is 0 Å². The molecule has 1 saturated heterocycles. The predicted molar refractivity (Wildman–Crippen MR) is 69.4 cm³/mol. The van der Waals surface area contributed by atoms with E-state index < -0.39 is 22.3 Å². The summed E-state index contributed by atoms with van der Waals surface area (Å²) in [6.07, 6.45) is 1.37. The number of hydrogen-bond donors (Lipinski definition) is 1. The largest absolute Gasteiger partial charge is 0.433 e. The Morgan fingerprint density at radius 2 is 2.16 bits per heavy atom. The topological polar surface area (TPSA) is 94.6 Å². The number of nitrogens with one attached hydrogen (secondary N) is 1. The van der Waals surface area contributed by atoms with Crippen LogP contribution in [0.1, 0.15) is 23.4 Å². The minimum Gasteiger partial charge on any atom is -0.395 e. The lowest BCUT2D eigenvalue weighted by Gasteiger charge is -2.36. The van der Waals surface area contributed by atoms with Crippen molar-refractivity contribution in [1.82, 2.24) is 5.32 Å². The van der Waals surface area contributed by atoms with Gasteiger partial charge in [-0.15, -0.1) is 0 Å². The Morgan fingerprint density at radius 1 is 1.47 bits per heavy atom. The maximum atomic E-state index is 12.0. The summed E-state index contributed by atoms with van der Waals surface area (Å²) in [4.78, 5) is 21.9. The molecule has 2 heterocycles.